The Balaban J connectivity index is 4.05. The van der Waals surface area contributed by atoms with Gasteiger partial charge in [-0.1, -0.05) is 0 Å². The monoisotopic (exact) mass is 193 g/mol. The summed E-state index contributed by atoms with van der Waals surface area (Å²) in [7, 11) is -1.76. The van der Waals surface area contributed by atoms with Crippen molar-refractivity contribution in [1.82, 2.24) is 4.72 Å². The molecule has 0 saturated carbocycles. The fourth-order valence-corrected chi connectivity index (χ4v) is 1.70. The lowest BCUT2D eigenvalue weighted by molar-refractivity contribution is 0.234. The minimum Gasteiger partial charge on any atom is -0.381 e. The third-order valence-electron chi connectivity index (χ3n) is 0.938. The normalized spacial score (nSPS) is 13.0. The first-order valence-electron chi connectivity index (χ1n) is 3.66. The summed E-state index contributed by atoms with van der Waals surface area (Å²) in [5.41, 5.74) is 0. The molecule has 0 aromatic rings. The van der Waals surface area contributed by atoms with Gasteiger partial charge in [0.25, 0.3) is 0 Å². The molecule has 0 radical (unpaired) electrons. The van der Waals surface area contributed by atoms with Crippen molar-refractivity contribution >= 4 is 10.0 Å². The van der Waals surface area contributed by atoms with E-state index in [2.05, 4.69) is 9.46 Å². The molecule has 0 fully saturated rings. The van der Waals surface area contributed by atoms with E-state index in [4.69, 9.17) is 0 Å². The van der Waals surface area contributed by atoms with Gasteiger partial charge in [-0.2, -0.15) is 0 Å². The molecule has 4 nitrogen and oxygen atoms in total. The van der Waals surface area contributed by atoms with E-state index in [9.17, 15) is 8.42 Å². The van der Waals surface area contributed by atoms with Crippen molar-refractivity contribution in [2.24, 2.45) is 0 Å². The predicted molar refractivity (Wildman–Crippen MR) is 48.2 cm³/mol. The summed E-state index contributed by atoms with van der Waals surface area (Å²) in [6.45, 7) is 3.84. The van der Waals surface area contributed by atoms with E-state index in [1.165, 1.54) is 13.2 Å². The minimum absolute atomic E-state index is 0.0813. The maximum Gasteiger partial charge on any atom is 0.233 e. The van der Waals surface area contributed by atoms with E-state index in [0.717, 1.165) is 5.41 Å². The second kappa shape index (κ2) is 5.29. The molecule has 0 heterocycles. The number of sulfonamides is 1. The Labute approximate surface area is 73.7 Å². The number of hydrogen-bond donors (Lipinski definition) is 1. The summed E-state index contributed by atoms with van der Waals surface area (Å²) in [5, 5.41) is 1.11. The molecule has 0 atom stereocenters. The first-order chi connectivity index (χ1) is 5.48. The van der Waals surface area contributed by atoms with Gasteiger partial charge in [0.15, 0.2) is 0 Å². The van der Waals surface area contributed by atoms with Crippen LogP contribution in [0.3, 0.4) is 0 Å². The van der Waals surface area contributed by atoms with Crippen LogP contribution in [0, 0.1) is 0 Å². The van der Waals surface area contributed by atoms with Crippen LogP contribution in [0.4, 0.5) is 0 Å². The molecule has 0 rings (SSSR count). The predicted octanol–water partition coefficient (Wildman–Crippen LogP) is 0.474. The first-order valence-corrected chi connectivity index (χ1v) is 5.20. The Morgan fingerprint density at radius 3 is 2.50 bits per heavy atom. The van der Waals surface area contributed by atoms with Gasteiger partial charge in [0, 0.05) is 18.6 Å². The molecule has 0 aromatic heterocycles. The Kier molecular flexibility index (Phi) is 5.12. The Morgan fingerprint density at radius 2 is 2.08 bits per heavy atom. The van der Waals surface area contributed by atoms with Gasteiger partial charge >= 0.3 is 0 Å². The molecule has 0 amide bonds. The zero-order valence-corrected chi connectivity index (χ0v) is 8.39. The maximum atomic E-state index is 11.1. The Morgan fingerprint density at radius 1 is 1.50 bits per heavy atom. The van der Waals surface area contributed by atoms with Crippen LogP contribution in [0.25, 0.3) is 0 Å². The van der Waals surface area contributed by atoms with Crippen LogP contribution >= 0.6 is 0 Å². The quantitative estimate of drug-likeness (QED) is 0.690. The fourth-order valence-electron chi connectivity index (χ4n) is 0.630. The van der Waals surface area contributed by atoms with E-state index < -0.39 is 10.0 Å². The molecule has 0 aliphatic carbocycles. The maximum absolute atomic E-state index is 11.1. The SMILES string of the molecule is COC/C=C\S(=O)(=O)NC(C)C. The summed E-state index contributed by atoms with van der Waals surface area (Å²) in [6.07, 6.45) is 1.45. The van der Waals surface area contributed by atoms with E-state index >= 15 is 0 Å². The van der Waals surface area contributed by atoms with Gasteiger partial charge in [-0.05, 0) is 19.9 Å². The molecule has 0 saturated heterocycles. The molecule has 72 valence electrons. The number of ether oxygens (including phenoxy) is 1. The smallest absolute Gasteiger partial charge is 0.233 e. The van der Waals surface area contributed by atoms with Crippen LogP contribution in [0.5, 0.6) is 0 Å². The van der Waals surface area contributed by atoms with Crippen LogP contribution in [-0.2, 0) is 14.8 Å². The van der Waals surface area contributed by atoms with Gasteiger partial charge in [0.2, 0.25) is 10.0 Å². The Hall–Kier alpha value is -0.390. The zero-order valence-electron chi connectivity index (χ0n) is 7.57. The van der Waals surface area contributed by atoms with Gasteiger partial charge in [-0.25, -0.2) is 13.1 Å². The Bertz CT molecular complexity index is 231. The highest BCUT2D eigenvalue weighted by Crippen LogP contribution is 1.90. The molecule has 12 heavy (non-hydrogen) atoms. The van der Waals surface area contributed by atoms with Crippen LogP contribution < -0.4 is 4.72 Å². The average Bonchev–Trinajstić information content (AvgIpc) is 1.84. The number of rotatable bonds is 5. The highest BCUT2D eigenvalue weighted by molar-refractivity contribution is 7.92. The molecule has 0 aliphatic rings. The molecule has 1 N–H and O–H groups in total. The van der Waals surface area contributed by atoms with Crippen molar-refractivity contribution in [1.29, 1.82) is 0 Å². The molecule has 0 aliphatic heterocycles. The number of nitrogens with one attached hydrogen (secondary N) is 1. The van der Waals surface area contributed by atoms with Crippen molar-refractivity contribution in [2.75, 3.05) is 13.7 Å². The van der Waals surface area contributed by atoms with Crippen molar-refractivity contribution in [3.63, 3.8) is 0 Å². The molecule has 0 aromatic carbocycles. The highest BCUT2D eigenvalue weighted by atomic mass is 32.2. The third-order valence-corrected chi connectivity index (χ3v) is 2.29. The van der Waals surface area contributed by atoms with Crippen molar-refractivity contribution in [3.05, 3.63) is 11.5 Å². The third kappa shape index (κ3) is 6.33. The lowest BCUT2D eigenvalue weighted by atomic mass is 10.4. The standard InChI is InChI=1S/C7H15NO3S/c1-7(2)8-12(9,10)6-4-5-11-3/h4,6-8H,5H2,1-3H3/b6-4-. The zero-order chi connectivity index (χ0) is 9.61. The molecular weight excluding hydrogens is 178 g/mol. The molecule has 0 bridgehead atoms. The summed E-state index contributed by atoms with van der Waals surface area (Å²) in [5.74, 6) is 0. The van der Waals surface area contributed by atoms with Crippen LogP contribution in [0.2, 0.25) is 0 Å². The highest BCUT2D eigenvalue weighted by Gasteiger charge is 2.05. The lowest BCUT2D eigenvalue weighted by Gasteiger charge is -2.04. The molecule has 0 unspecified atom stereocenters. The van der Waals surface area contributed by atoms with Gasteiger partial charge < -0.3 is 4.74 Å². The molecule has 5 heteroatoms. The van der Waals surface area contributed by atoms with E-state index in [-0.39, 0.29) is 6.04 Å². The van der Waals surface area contributed by atoms with Crippen LogP contribution in [0.1, 0.15) is 13.8 Å². The largest absolute Gasteiger partial charge is 0.381 e. The van der Waals surface area contributed by atoms with Crippen LogP contribution in [-0.4, -0.2) is 28.2 Å². The second-order valence-corrected chi connectivity index (χ2v) is 4.24. The van der Waals surface area contributed by atoms with Crippen molar-refractivity contribution in [3.8, 4) is 0 Å². The van der Waals surface area contributed by atoms with Crippen molar-refractivity contribution in [2.45, 2.75) is 19.9 Å². The molecule has 0 spiro atoms. The number of hydrogen-bond acceptors (Lipinski definition) is 3. The van der Waals surface area contributed by atoms with E-state index in [1.807, 2.05) is 0 Å². The summed E-state index contributed by atoms with van der Waals surface area (Å²) in [4.78, 5) is 0. The van der Waals surface area contributed by atoms with Gasteiger partial charge in [-0.3, -0.25) is 0 Å². The lowest BCUT2D eigenvalue weighted by Crippen LogP contribution is -2.28. The number of methoxy groups -OCH3 is 1. The topological polar surface area (TPSA) is 55.4 Å². The average molecular weight is 193 g/mol. The second-order valence-electron chi connectivity index (χ2n) is 2.64. The van der Waals surface area contributed by atoms with Gasteiger partial charge in [-0.15, -0.1) is 0 Å². The van der Waals surface area contributed by atoms with Gasteiger partial charge in [0.1, 0.15) is 0 Å². The van der Waals surface area contributed by atoms with E-state index in [1.54, 1.807) is 13.8 Å². The van der Waals surface area contributed by atoms with E-state index in [0.29, 0.717) is 6.61 Å². The molecular formula is C7H15NO3S. The van der Waals surface area contributed by atoms with Gasteiger partial charge in [0.05, 0.1) is 6.61 Å². The summed E-state index contributed by atoms with van der Waals surface area (Å²) >= 11 is 0. The fraction of sp³-hybridized carbons (Fsp3) is 0.714. The first kappa shape index (κ1) is 11.6. The van der Waals surface area contributed by atoms with Crippen LogP contribution in [0.15, 0.2) is 11.5 Å². The summed E-state index contributed by atoms with van der Waals surface area (Å²) < 4.78 is 29.2. The minimum atomic E-state index is -3.26. The summed E-state index contributed by atoms with van der Waals surface area (Å²) in [6, 6.07) is -0.0813. The van der Waals surface area contributed by atoms with Crippen molar-refractivity contribution < 1.29 is 13.2 Å².